The van der Waals surface area contributed by atoms with E-state index >= 15 is 0 Å². The summed E-state index contributed by atoms with van der Waals surface area (Å²) in [6.07, 6.45) is 2.10. The molecule has 104 valence electrons. The molecule has 0 unspecified atom stereocenters. The van der Waals surface area contributed by atoms with Crippen LogP contribution in [0.1, 0.15) is 26.7 Å². The normalized spacial score (nSPS) is 22.8. The largest absolute Gasteiger partial charge is 0.381 e. The highest BCUT2D eigenvalue weighted by atomic mass is 16.5. The number of hydrogen-bond acceptors (Lipinski definition) is 5. The Bertz CT molecular complexity index is 295. The Balaban J connectivity index is 1.96. The van der Waals surface area contributed by atoms with Gasteiger partial charge in [0.05, 0.1) is 12.1 Å². The van der Waals surface area contributed by atoms with E-state index in [0.717, 1.165) is 64.7 Å². The first kappa shape index (κ1) is 13.6. The Labute approximate surface area is 110 Å². The lowest BCUT2D eigenvalue weighted by Gasteiger charge is -2.42. The van der Waals surface area contributed by atoms with Crippen LogP contribution in [0.4, 0.5) is 0 Å². The molecule has 5 nitrogen and oxygen atoms in total. The first-order valence-electron chi connectivity index (χ1n) is 7.09. The van der Waals surface area contributed by atoms with E-state index in [0.29, 0.717) is 0 Å². The predicted molar refractivity (Wildman–Crippen MR) is 73.8 cm³/mol. The summed E-state index contributed by atoms with van der Waals surface area (Å²) in [6, 6.07) is 0. The van der Waals surface area contributed by atoms with Crippen LogP contribution in [0, 0.1) is 0 Å². The summed E-state index contributed by atoms with van der Waals surface area (Å²) in [7, 11) is 0. The fourth-order valence-corrected chi connectivity index (χ4v) is 2.95. The van der Waals surface area contributed by atoms with Gasteiger partial charge < -0.3 is 20.3 Å². The van der Waals surface area contributed by atoms with Crippen molar-refractivity contribution in [3.63, 3.8) is 0 Å². The van der Waals surface area contributed by atoms with Crippen molar-refractivity contribution >= 4 is 5.96 Å². The molecule has 2 N–H and O–H groups in total. The summed E-state index contributed by atoms with van der Waals surface area (Å²) < 4.78 is 5.48. The molecule has 0 radical (unpaired) electrons. The van der Waals surface area contributed by atoms with Gasteiger partial charge in [0.25, 0.3) is 0 Å². The van der Waals surface area contributed by atoms with Gasteiger partial charge in [-0.1, -0.05) is 13.8 Å². The summed E-state index contributed by atoms with van der Waals surface area (Å²) in [5.74, 6) is 0.726. The van der Waals surface area contributed by atoms with E-state index in [-0.39, 0.29) is 5.54 Å². The van der Waals surface area contributed by atoms with Gasteiger partial charge >= 0.3 is 0 Å². The van der Waals surface area contributed by atoms with E-state index in [4.69, 9.17) is 10.5 Å². The Morgan fingerprint density at radius 3 is 2.61 bits per heavy atom. The summed E-state index contributed by atoms with van der Waals surface area (Å²) in [4.78, 5) is 9.23. The SMILES string of the molecule is CCN(CC)CCN1C(N)=NCC12CCOCC2. The standard InChI is InChI=1S/C13H26N4O/c1-3-16(4-2)7-8-17-12(14)15-11-13(17)5-9-18-10-6-13/h3-11H2,1-2H3,(H2,14,15). The average Bonchev–Trinajstić information content (AvgIpc) is 2.69. The summed E-state index contributed by atoms with van der Waals surface area (Å²) in [5, 5.41) is 0. The van der Waals surface area contributed by atoms with E-state index in [1.54, 1.807) is 0 Å². The summed E-state index contributed by atoms with van der Waals surface area (Å²) in [5.41, 5.74) is 6.22. The Morgan fingerprint density at radius 1 is 1.33 bits per heavy atom. The zero-order valence-electron chi connectivity index (χ0n) is 11.7. The molecular formula is C13H26N4O. The number of hydrogen-bond donors (Lipinski definition) is 1. The number of aliphatic imine (C=N–C) groups is 1. The van der Waals surface area contributed by atoms with Crippen molar-refractivity contribution in [2.45, 2.75) is 32.2 Å². The molecule has 18 heavy (non-hydrogen) atoms. The molecule has 2 heterocycles. The fraction of sp³-hybridized carbons (Fsp3) is 0.923. The van der Waals surface area contributed by atoms with E-state index < -0.39 is 0 Å². The Hall–Kier alpha value is -0.810. The van der Waals surface area contributed by atoms with Crippen molar-refractivity contribution in [1.29, 1.82) is 0 Å². The molecular weight excluding hydrogens is 228 g/mol. The van der Waals surface area contributed by atoms with Crippen LogP contribution in [0.2, 0.25) is 0 Å². The zero-order valence-corrected chi connectivity index (χ0v) is 11.7. The Kier molecular flexibility index (Phi) is 4.45. The molecule has 0 atom stereocenters. The second-order valence-electron chi connectivity index (χ2n) is 5.19. The van der Waals surface area contributed by atoms with Gasteiger partial charge in [-0.25, -0.2) is 0 Å². The first-order chi connectivity index (χ1) is 8.72. The molecule has 2 rings (SSSR count). The molecule has 2 aliphatic rings. The number of likely N-dealkylation sites (N-methyl/N-ethyl adjacent to an activating group) is 1. The number of nitrogens with two attached hydrogens (primary N) is 1. The van der Waals surface area contributed by atoms with E-state index in [1.165, 1.54) is 0 Å². The van der Waals surface area contributed by atoms with Gasteiger partial charge in [-0.2, -0.15) is 0 Å². The number of guanidine groups is 1. The second-order valence-corrected chi connectivity index (χ2v) is 5.19. The minimum Gasteiger partial charge on any atom is -0.381 e. The van der Waals surface area contributed by atoms with Crippen LogP contribution < -0.4 is 5.73 Å². The minimum absolute atomic E-state index is 0.148. The number of ether oxygens (including phenoxy) is 1. The molecule has 0 bridgehead atoms. The maximum atomic E-state index is 6.07. The van der Waals surface area contributed by atoms with Gasteiger partial charge in [-0.05, 0) is 25.9 Å². The predicted octanol–water partition coefficient (Wildman–Crippen LogP) is 0.508. The first-order valence-corrected chi connectivity index (χ1v) is 7.09. The van der Waals surface area contributed by atoms with Gasteiger partial charge in [0.1, 0.15) is 0 Å². The highest BCUT2D eigenvalue weighted by Gasteiger charge is 2.43. The smallest absolute Gasteiger partial charge is 0.191 e. The van der Waals surface area contributed by atoms with Crippen LogP contribution in [0.15, 0.2) is 4.99 Å². The van der Waals surface area contributed by atoms with Crippen LogP contribution in [0.25, 0.3) is 0 Å². The van der Waals surface area contributed by atoms with Gasteiger partial charge in [0, 0.05) is 26.3 Å². The second kappa shape index (κ2) is 5.89. The maximum Gasteiger partial charge on any atom is 0.191 e. The van der Waals surface area contributed by atoms with Crippen LogP contribution >= 0.6 is 0 Å². The summed E-state index contributed by atoms with van der Waals surface area (Å²) in [6.45, 7) is 11.2. The molecule has 1 fully saturated rings. The quantitative estimate of drug-likeness (QED) is 0.776. The van der Waals surface area contributed by atoms with Crippen molar-refractivity contribution in [3.05, 3.63) is 0 Å². The molecule has 1 spiro atoms. The molecule has 0 aromatic heterocycles. The van der Waals surface area contributed by atoms with E-state index in [1.807, 2.05) is 0 Å². The van der Waals surface area contributed by atoms with Gasteiger partial charge in [0.2, 0.25) is 0 Å². The molecule has 1 saturated heterocycles. The highest BCUT2D eigenvalue weighted by molar-refractivity contribution is 5.81. The third kappa shape index (κ3) is 2.62. The van der Waals surface area contributed by atoms with Crippen LogP contribution in [0.3, 0.4) is 0 Å². The topological polar surface area (TPSA) is 54.1 Å². The monoisotopic (exact) mass is 254 g/mol. The van der Waals surface area contributed by atoms with Crippen molar-refractivity contribution < 1.29 is 4.74 Å². The fourth-order valence-electron chi connectivity index (χ4n) is 2.95. The van der Waals surface area contributed by atoms with E-state index in [9.17, 15) is 0 Å². The van der Waals surface area contributed by atoms with Crippen LogP contribution in [-0.2, 0) is 4.74 Å². The van der Waals surface area contributed by atoms with Crippen LogP contribution in [0.5, 0.6) is 0 Å². The third-order valence-corrected chi connectivity index (χ3v) is 4.34. The average molecular weight is 254 g/mol. The Morgan fingerprint density at radius 2 is 2.00 bits per heavy atom. The van der Waals surface area contributed by atoms with Crippen molar-refractivity contribution in [2.24, 2.45) is 10.7 Å². The lowest BCUT2D eigenvalue weighted by molar-refractivity contribution is 0.00928. The highest BCUT2D eigenvalue weighted by Crippen LogP contribution is 2.31. The lowest BCUT2D eigenvalue weighted by atomic mass is 9.89. The molecule has 0 aromatic rings. The number of rotatable bonds is 5. The number of nitrogens with zero attached hydrogens (tertiary/aromatic N) is 3. The van der Waals surface area contributed by atoms with Crippen molar-refractivity contribution in [3.8, 4) is 0 Å². The van der Waals surface area contributed by atoms with Gasteiger partial charge in [0.15, 0.2) is 5.96 Å². The van der Waals surface area contributed by atoms with Crippen LogP contribution in [-0.4, -0.2) is 67.2 Å². The third-order valence-electron chi connectivity index (χ3n) is 4.34. The zero-order chi connectivity index (χ0) is 13.0. The lowest BCUT2D eigenvalue weighted by Crippen LogP contribution is -2.56. The molecule has 0 amide bonds. The molecule has 0 aromatic carbocycles. The molecule has 2 aliphatic heterocycles. The maximum absolute atomic E-state index is 6.07. The molecule has 0 saturated carbocycles. The van der Waals surface area contributed by atoms with Crippen molar-refractivity contribution in [1.82, 2.24) is 9.80 Å². The minimum atomic E-state index is 0.148. The van der Waals surface area contributed by atoms with E-state index in [2.05, 4.69) is 28.6 Å². The van der Waals surface area contributed by atoms with Gasteiger partial charge in [-0.3, -0.25) is 4.99 Å². The van der Waals surface area contributed by atoms with Crippen molar-refractivity contribution in [2.75, 3.05) is 45.9 Å². The summed E-state index contributed by atoms with van der Waals surface area (Å²) >= 11 is 0. The molecule has 5 heteroatoms. The van der Waals surface area contributed by atoms with Gasteiger partial charge in [-0.15, -0.1) is 0 Å². The molecule has 0 aliphatic carbocycles.